The van der Waals surface area contributed by atoms with Crippen molar-refractivity contribution in [3.8, 4) is 0 Å². The quantitative estimate of drug-likeness (QED) is 0.250. The Labute approximate surface area is 155 Å². The smallest absolute Gasteiger partial charge is 0.313 e. The minimum atomic E-state index is -3.45. The Morgan fingerprint density at radius 1 is 1.15 bits per heavy atom. The van der Waals surface area contributed by atoms with Gasteiger partial charge in [0.15, 0.2) is 0 Å². The lowest BCUT2D eigenvalue weighted by Crippen LogP contribution is -2.27. The van der Waals surface area contributed by atoms with Gasteiger partial charge in [0, 0.05) is 18.5 Å². The zero-order valence-corrected chi connectivity index (χ0v) is 16.6. The van der Waals surface area contributed by atoms with Crippen LogP contribution in [-0.4, -0.2) is 35.7 Å². The van der Waals surface area contributed by atoms with E-state index in [0.29, 0.717) is 6.42 Å². The zero-order valence-electron chi connectivity index (χ0n) is 15.7. The summed E-state index contributed by atoms with van der Waals surface area (Å²) in [4.78, 5) is 22.7. The van der Waals surface area contributed by atoms with Crippen molar-refractivity contribution in [3.05, 3.63) is 35.9 Å². The molecule has 0 fully saturated rings. The Bertz CT molecular complexity index is 614. The van der Waals surface area contributed by atoms with Gasteiger partial charge in [0.1, 0.15) is 6.16 Å². The maximum absolute atomic E-state index is 13.0. The molecule has 0 saturated heterocycles. The first-order valence-corrected chi connectivity index (χ1v) is 11.0. The number of aryl methyl sites for hydroxylation is 1. The molecule has 2 atom stereocenters. The molecule has 0 aromatic heterocycles. The van der Waals surface area contributed by atoms with Crippen LogP contribution in [0.5, 0.6) is 0 Å². The van der Waals surface area contributed by atoms with E-state index >= 15 is 0 Å². The predicted molar refractivity (Wildman–Crippen MR) is 100 cm³/mol. The van der Waals surface area contributed by atoms with Gasteiger partial charge in [-0.1, -0.05) is 51.1 Å². The fraction of sp³-hybridized carbons (Fsp3) is 0.579. The number of ether oxygens (including phenoxy) is 1. The third-order valence-electron chi connectivity index (χ3n) is 3.81. The highest BCUT2D eigenvalue weighted by Gasteiger charge is 2.33. The van der Waals surface area contributed by atoms with Gasteiger partial charge >= 0.3 is 11.9 Å². The number of aliphatic carboxylic acids is 1. The maximum atomic E-state index is 13.0. The van der Waals surface area contributed by atoms with Gasteiger partial charge in [-0.05, 0) is 24.8 Å². The largest absolute Gasteiger partial charge is 0.481 e. The molecule has 1 aromatic rings. The second-order valence-corrected chi connectivity index (χ2v) is 9.20. The lowest BCUT2D eigenvalue weighted by molar-refractivity contribution is -0.169. The number of carboxylic acid groups (broad SMARTS) is 1. The molecule has 1 unspecified atom stereocenters. The van der Waals surface area contributed by atoms with Crippen molar-refractivity contribution >= 4 is 19.3 Å². The molecule has 0 amide bonds. The van der Waals surface area contributed by atoms with E-state index in [-0.39, 0.29) is 18.5 Å². The van der Waals surface area contributed by atoms with Gasteiger partial charge in [-0.25, -0.2) is 0 Å². The van der Waals surface area contributed by atoms with Crippen LogP contribution in [0, 0.1) is 5.92 Å². The Hall–Kier alpha value is -1.65. The number of benzene rings is 1. The third-order valence-corrected chi connectivity index (χ3v) is 6.15. The average Bonchev–Trinajstić information content (AvgIpc) is 2.58. The van der Waals surface area contributed by atoms with Crippen LogP contribution in [0.15, 0.2) is 30.3 Å². The van der Waals surface area contributed by atoms with Crippen molar-refractivity contribution < 1.29 is 28.5 Å². The van der Waals surface area contributed by atoms with E-state index in [0.717, 1.165) is 12.8 Å². The third kappa shape index (κ3) is 8.63. The van der Waals surface area contributed by atoms with E-state index in [1.807, 2.05) is 30.3 Å². The topological polar surface area (TPSA) is 89.9 Å². The maximum Gasteiger partial charge on any atom is 0.313 e. The van der Waals surface area contributed by atoms with Crippen LogP contribution >= 0.6 is 7.37 Å². The van der Waals surface area contributed by atoms with Crippen LogP contribution in [-0.2, 0) is 29.8 Å². The minimum Gasteiger partial charge on any atom is -0.481 e. The Balaban J connectivity index is 2.67. The van der Waals surface area contributed by atoms with Crippen LogP contribution in [0.1, 0.15) is 45.6 Å². The van der Waals surface area contributed by atoms with Crippen LogP contribution in [0.25, 0.3) is 0 Å². The lowest BCUT2D eigenvalue weighted by Gasteiger charge is -2.26. The van der Waals surface area contributed by atoms with Gasteiger partial charge in [-0.15, -0.1) is 0 Å². The summed E-state index contributed by atoms with van der Waals surface area (Å²) in [6, 6.07) is 9.91. The molecule has 0 aliphatic rings. The average molecular weight is 384 g/mol. The van der Waals surface area contributed by atoms with Gasteiger partial charge in [0.2, 0.25) is 13.7 Å². The Morgan fingerprint density at radius 2 is 1.81 bits per heavy atom. The number of rotatable bonds is 12. The molecule has 0 heterocycles. The van der Waals surface area contributed by atoms with Crippen molar-refractivity contribution in [2.75, 3.05) is 12.3 Å². The van der Waals surface area contributed by atoms with Gasteiger partial charge in [0.05, 0.1) is 0 Å². The van der Waals surface area contributed by atoms with E-state index in [2.05, 4.69) is 0 Å². The summed E-state index contributed by atoms with van der Waals surface area (Å²) in [7, 11) is -3.45. The van der Waals surface area contributed by atoms with E-state index in [4.69, 9.17) is 14.4 Å². The van der Waals surface area contributed by atoms with Crippen LogP contribution in [0.2, 0.25) is 0 Å². The monoisotopic (exact) mass is 384 g/mol. The molecule has 1 N–H and O–H groups in total. The highest BCUT2D eigenvalue weighted by molar-refractivity contribution is 7.59. The normalized spacial score (nSPS) is 14.6. The van der Waals surface area contributed by atoms with Crippen molar-refractivity contribution in [3.63, 3.8) is 0 Å². The summed E-state index contributed by atoms with van der Waals surface area (Å²) in [5, 5.41) is 9.10. The van der Waals surface area contributed by atoms with Gasteiger partial charge in [-0.3, -0.25) is 18.7 Å². The first-order chi connectivity index (χ1) is 12.3. The molecule has 26 heavy (non-hydrogen) atoms. The van der Waals surface area contributed by atoms with Crippen molar-refractivity contribution in [2.45, 2.75) is 52.7 Å². The molecule has 1 rings (SSSR count). The number of unbranched alkanes of at least 4 members (excludes halogenated alkanes) is 1. The van der Waals surface area contributed by atoms with Crippen LogP contribution in [0.4, 0.5) is 0 Å². The molecular weight excluding hydrogens is 355 g/mol. The number of esters is 1. The van der Waals surface area contributed by atoms with Gasteiger partial charge < -0.3 is 9.84 Å². The molecule has 7 heteroatoms. The molecule has 6 nitrogen and oxygen atoms in total. The number of hydrogen-bond donors (Lipinski definition) is 1. The number of carbonyl (C=O) groups is 2. The molecule has 0 aliphatic heterocycles. The van der Waals surface area contributed by atoms with Crippen LogP contribution < -0.4 is 0 Å². The standard InChI is InChI=1S/C19H29O6P/c1-4-18(22)24-19(15(2)3)25-26(23,14-17(20)21)13-9-8-12-16-10-6-5-7-11-16/h5-7,10-11,15,19H,4,8-9,12-14H2,1-3H3,(H,20,21)/t19-,26?/m1/s1. The van der Waals surface area contributed by atoms with Crippen LogP contribution in [0.3, 0.4) is 0 Å². The highest BCUT2D eigenvalue weighted by atomic mass is 31.2. The fourth-order valence-electron chi connectivity index (χ4n) is 2.38. The number of hydrogen-bond acceptors (Lipinski definition) is 5. The summed E-state index contributed by atoms with van der Waals surface area (Å²) in [6.07, 6.45) is 0.940. The summed E-state index contributed by atoms with van der Waals surface area (Å²) in [5.41, 5.74) is 1.18. The second-order valence-electron chi connectivity index (χ2n) is 6.59. The van der Waals surface area contributed by atoms with E-state index < -0.39 is 31.8 Å². The lowest BCUT2D eigenvalue weighted by atomic mass is 10.1. The summed E-state index contributed by atoms with van der Waals surface area (Å²) in [5.74, 6) is -1.87. The van der Waals surface area contributed by atoms with E-state index in [1.54, 1.807) is 20.8 Å². The second kappa shape index (κ2) is 11.1. The van der Waals surface area contributed by atoms with E-state index in [1.165, 1.54) is 5.56 Å². The number of carbonyl (C=O) groups excluding carboxylic acids is 1. The SMILES string of the molecule is CCC(=O)O[C@H](OP(=O)(CCCCc1ccccc1)CC(=O)O)C(C)C. The van der Waals surface area contributed by atoms with Gasteiger partial charge in [-0.2, -0.15) is 0 Å². The predicted octanol–water partition coefficient (Wildman–Crippen LogP) is 4.32. The summed E-state index contributed by atoms with van der Waals surface area (Å²) >= 11 is 0. The Kier molecular flexibility index (Phi) is 9.60. The van der Waals surface area contributed by atoms with E-state index in [9.17, 15) is 14.2 Å². The number of carboxylic acids is 1. The van der Waals surface area contributed by atoms with Gasteiger partial charge in [0.25, 0.3) is 0 Å². The molecule has 0 radical (unpaired) electrons. The molecule has 0 spiro atoms. The molecule has 0 saturated carbocycles. The van der Waals surface area contributed by atoms with Crippen molar-refractivity contribution in [1.29, 1.82) is 0 Å². The Morgan fingerprint density at radius 3 is 2.35 bits per heavy atom. The zero-order chi connectivity index (χ0) is 19.6. The molecule has 1 aromatic carbocycles. The highest BCUT2D eigenvalue weighted by Crippen LogP contribution is 2.49. The molecule has 146 valence electrons. The first kappa shape index (κ1) is 22.4. The minimum absolute atomic E-state index is 0.152. The summed E-state index contributed by atoms with van der Waals surface area (Å²) in [6.45, 7) is 5.20. The molecule has 0 aliphatic carbocycles. The molecule has 0 bridgehead atoms. The fourth-order valence-corrected chi connectivity index (χ4v) is 4.50. The van der Waals surface area contributed by atoms with Crippen molar-refractivity contribution in [1.82, 2.24) is 0 Å². The summed E-state index contributed by atoms with van der Waals surface area (Å²) < 4.78 is 23.8. The first-order valence-electron chi connectivity index (χ1n) is 8.97. The molecular formula is C19H29O6P. The van der Waals surface area contributed by atoms with Crippen molar-refractivity contribution in [2.24, 2.45) is 5.92 Å².